The molecule has 3 aromatic carbocycles. The third kappa shape index (κ3) is 5.02. The molecule has 1 N–H and O–H groups in total. The highest BCUT2D eigenvalue weighted by molar-refractivity contribution is 6.13. The number of hydrazone groups is 1. The molecule has 148 valence electrons. The number of hydrogen-bond donors (Lipinski definition) is 1. The van der Waals surface area contributed by atoms with E-state index in [1.54, 1.807) is 20.6 Å². The molecule has 0 unspecified atom stereocenters. The smallest absolute Gasteiger partial charge is 0.118 e. The number of ether oxygens (including phenoxy) is 2. The molecule has 0 aliphatic carbocycles. The van der Waals surface area contributed by atoms with Crippen molar-refractivity contribution in [2.45, 2.75) is 13.8 Å². The molecule has 3 rings (SSSR count). The maximum absolute atomic E-state index is 5.26. The van der Waals surface area contributed by atoms with Crippen LogP contribution in [0.2, 0.25) is 0 Å². The molecule has 0 bridgehead atoms. The van der Waals surface area contributed by atoms with Crippen LogP contribution >= 0.6 is 0 Å². The molecule has 3 aromatic rings. The summed E-state index contributed by atoms with van der Waals surface area (Å²) in [6, 6.07) is 21.7. The van der Waals surface area contributed by atoms with E-state index in [0.29, 0.717) is 0 Å². The van der Waals surface area contributed by atoms with Crippen LogP contribution in [0.15, 0.2) is 76.8 Å². The molecule has 0 heterocycles. The molecule has 5 heteroatoms. The maximum atomic E-state index is 5.26. The van der Waals surface area contributed by atoms with Gasteiger partial charge in [-0.3, -0.25) is 5.43 Å². The number of aliphatic imine (C=N–C) groups is 1. The summed E-state index contributed by atoms with van der Waals surface area (Å²) in [7, 11) is 3.30. The van der Waals surface area contributed by atoms with E-state index in [1.165, 1.54) is 0 Å². The zero-order valence-corrected chi connectivity index (χ0v) is 17.1. The van der Waals surface area contributed by atoms with Crippen molar-refractivity contribution in [2.75, 3.05) is 14.2 Å². The lowest BCUT2D eigenvalue weighted by Gasteiger charge is -2.09. The van der Waals surface area contributed by atoms with Crippen LogP contribution in [-0.2, 0) is 0 Å². The van der Waals surface area contributed by atoms with Gasteiger partial charge in [0.25, 0.3) is 0 Å². The Kier molecular flexibility index (Phi) is 6.63. The zero-order chi connectivity index (χ0) is 20.6. The van der Waals surface area contributed by atoms with Crippen molar-refractivity contribution in [2.24, 2.45) is 10.1 Å². The van der Waals surface area contributed by atoms with Crippen LogP contribution in [0.5, 0.6) is 11.5 Å². The fourth-order valence-electron chi connectivity index (χ4n) is 2.99. The Morgan fingerprint density at radius 2 is 1.24 bits per heavy atom. The summed E-state index contributed by atoms with van der Waals surface area (Å²) < 4.78 is 10.5. The number of nitrogens with zero attached hydrogens (tertiary/aromatic N) is 2. The van der Waals surface area contributed by atoms with Crippen LogP contribution in [0.25, 0.3) is 0 Å². The Balaban J connectivity index is 1.90. The van der Waals surface area contributed by atoms with Crippen LogP contribution in [0.4, 0.5) is 5.69 Å². The van der Waals surface area contributed by atoms with E-state index < -0.39 is 0 Å². The molecular weight excluding hydrogens is 362 g/mol. The summed E-state index contributed by atoms with van der Waals surface area (Å²) in [6.07, 6.45) is 1.61. The summed E-state index contributed by atoms with van der Waals surface area (Å²) in [6.45, 7) is 4.09. The van der Waals surface area contributed by atoms with E-state index in [1.807, 2.05) is 80.6 Å². The first kappa shape index (κ1) is 20.1. The largest absolute Gasteiger partial charge is 0.497 e. The zero-order valence-electron chi connectivity index (χ0n) is 17.1. The Hall–Kier alpha value is -3.60. The number of nitrogens with one attached hydrogen (secondary N) is 1. The van der Waals surface area contributed by atoms with E-state index in [0.717, 1.165) is 45.2 Å². The van der Waals surface area contributed by atoms with Crippen molar-refractivity contribution in [3.8, 4) is 11.5 Å². The first-order valence-electron chi connectivity index (χ1n) is 9.33. The van der Waals surface area contributed by atoms with Crippen LogP contribution in [0.3, 0.4) is 0 Å². The van der Waals surface area contributed by atoms with Crippen molar-refractivity contribution in [1.29, 1.82) is 0 Å². The molecule has 0 amide bonds. The van der Waals surface area contributed by atoms with Gasteiger partial charge >= 0.3 is 0 Å². The molecular formula is C24H25N3O2. The molecule has 0 atom stereocenters. The lowest BCUT2D eigenvalue weighted by atomic mass is 10.0. The topological polar surface area (TPSA) is 55.2 Å². The van der Waals surface area contributed by atoms with Gasteiger partial charge in [0.2, 0.25) is 0 Å². The highest BCUT2D eigenvalue weighted by atomic mass is 16.5. The summed E-state index contributed by atoms with van der Waals surface area (Å²) in [5.41, 5.74) is 8.89. The average Bonchev–Trinajstić information content (AvgIpc) is 2.76. The van der Waals surface area contributed by atoms with Gasteiger partial charge in [-0.15, -0.1) is 0 Å². The van der Waals surface area contributed by atoms with Gasteiger partial charge in [-0.2, -0.15) is 5.10 Å². The molecule has 0 aliphatic heterocycles. The third-order valence-corrected chi connectivity index (χ3v) is 4.59. The lowest BCUT2D eigenvalue weighted by Crippen LogP contribution is -2.11. The Labute approximate surface area is 171 Å². The minimum Gasteiger partial charge on any atom is -0.497 e. The Morgan fingerprint density at radius 1 is 0.759 bits per heavy atom. The first-order valence-corrected chi connectivity index (χ1v) is 9.33. The summed E-state index contributed by atoms with van der Waals surface area (Å²) >= 11 is 0. The van der Waals surface area contributed by atoms with Crippen molar-refractivity contribution in [3.05, 3.63) is 89.0 Å². The third-order valence-electron chi connectivity index (χ3n) is 4.59. The fraction of sp³-hybridized carbons (Fsp3) is 0.167. The molecule has 0 saturated carbocycles. The molecule has 0 aromatic heterocycles. The van der Waals surface area contributed by atoms with Gasteiger partial charge in [-0.1, -0.05) is 18.2 Å². The molecule has 0 saturated heterocycles. The number of rotatable bonds is 7. The highest BCUT2D eigenvalue weighted by Crippen LogP contribution is 2.22. The predicted molar refractivity (Wildman–Crippen MR) is 119 cm³/mol. The number of methoxy groups -OCH3 is 2. The van der Waals surface area contributed by atoms with Crippen LogP contribution in [-0.4, -0.2) is 26.3 Å². The van der Waals surface area contributed by atoms with Gasteiger partial charge in [0, 0.05) is 11.1 Å². The van der Waals surface area contributed by atoms with E-state index >= 15 is 0 Å². The minimum atomic E-state index is 0.795. The quantitative estimate of drug-likeness (QED) is 0.352. The van der Waals surface area contributed by atoms with Crippen molar-refractivity contribution in [1.82, 2.24) is 5.43 Å². The van der Waals surface area contributed by atoms with Crippen molar-refractivity contribution >= 4 is 17.7 Å². The molecule has 0 spiro atoms. The molecule has 5 nitrogen and oxygen atoms in total. The number of para-hydroxylation sites is 1. The SMILES string of the molecule is COc1ccc(C(=NNC=Nc2c(C)cccc2C)c2ccc(OC)cc2)cc1. The Bertz CT molecular complexity index is 938. The van der Waals surface area contributed by atoms with Gasteiger partial charge in [0.15, 0.2) is 0 Å². The normalized spacial score (nSPS) is 10.6. The highest BCUT2D eigenvalue weighted by Gasteiger charge is 2.08. The van der Waals surface area contributed by atoms with E-state index in [2.05, 4.69) is 15.5 Å². The van der Waals surface area contributed by atoms with Gasteiger partial charge in [0.1, 0.15) is 17.8 Å². The second-order valence-electron chi connectivity index (χ2n) is 6.55. The number of aryl methyl sites for hydroxylation is 2. The Morgan fingerprint density at radius 3 is 1.69 bits per heavy atom. The molecule has 0 fully saturated rings. The molecule has 0 radical (unpaired) electrons. The molecule has 29 heavy (non-hydrogen) atoms. The van der Waals surface area contributed by atoms with E-state index in [4.69, 9.17) is 9.47 Å². The van der Waals surface area contributed by atoms with Crippen molar-refractivity contribution < 1.29 is 9.47 Å². The maximum Gasteiger partial charge on any atom is 0.118 e. The lowest BCUT2D eigenvalue weighted by molar-refractivity contribution is 0.414. The minimum absolute atomic E-state index is 0.795. The summed E-state index contributed by atoms with van der Waals surface area (Å²) in [4.78, 5) is 4.54. The number of benzene rings is 3. The van der Waals surface area contributed by atoms with Gasteiger partial charge < -0.3 is 9.47 Å². The average molecular weight is 387 g/mol. The fourth-order valence-corrected chi connectivity index (χ4v) is 2.99. The second-order valence-corrected chi connectivity index (χ2v) is 6.55. The standard InChI is InChI=1S/C24H25N3O2/c1-17-6-5-7-18(2)23(17)25-16-26-27-24(19-8-12-21(28-3)13-9-19)20-10-14-22(29-4)15-11-20/h5-16H,1-4H3,(H,25,26). The number of hydrogen-bond acceptors (Lipinski definition) is 4. The summed E-state index contributed by atoms with van der Waals surface area (Å²) in [5.74, 6) is 1.60. The summed E-state index contributed by atoms with van der Waals surface area (Å²) in [5, 5.41) is 4.59. The molecule has 0 aliphatic rings. The van der Waals surface area contributed by atoms with Crippen molar-refractivity contribution in [3.63, 3.8) is 0 Å². The van der Waals surface area contributed by atoms with E-state index in [-0.39, 0.29) is 0 Å². The monoisotopic (exact) mass is 387 g/mol. The van der Waals surface area contributed by atoms with E-state index in [9.17, 15) is 0 Å². The van der Waals surface area contributed by atoms with Gasteiger partial charge in [-0.05, 0) is 73.5 Å². The van der Waals surface area contributed by atoms with Crippen LogP contribution in [0.1, 0.15) is 22.3 Å². The van der Waals surface area contributed by atoms with Crippen LogP contribution in [0, 0.1) is 13.8 Å². The van der Waals surface area contributed by atoms with Crippen LogP contribution < -0.4 is 14.9 Å². The first-order chi connectivity index (χ1) is 14.1. The second kappa shape index (κ2) is 9.55. The van der Waals surface area contributed by atoms with Gasteiger partial charge in [-0.25, -0.2) is 4.99 Å². The van der Waals surface area contributed by atoms with Gasteiger partial charge in [0.05, 0.1) is 25.6 Å². The predicted octanol–water partition coefficient (Wildman–Crippen LogP) is 5.02.